The van der Waals surface area contributed by atoms with Gasteiger partial charge in [0, 0.05) is 11.9 Å². The van der Waals surface area contributed by atoms with Gasteiger partial charge < -0.3 is 31.3 Å². The third kappa shape index (κ3) is 24.2. The molecular weight excluding hydrogens is 236 g/mol. The Kier molecular flexibility index (Phi) is 16.9. The molecule has 0 rings (SSSR count). The van der Waals surface area contributed by atoms with E-state index < -0.39 is 11.9 Å². The average molecular weight is 260 g/mol. The fraction of sp³-hybridized carbons (Fsp3) is 0.833. The van der Waals surface area contributed by atoms with Gasteiger partial charge in [0.25, 0.3) is 0 Å². The van der Waals surface area contributed by atoms with Gasteiger partial charge in [0.1, 0.15) is 0 Å². The lowest BCUT2D eigenvalue weighted by Gasteiger charge is -2.01. The Morgan fingerprint density at radius 3 is 1.22 bits per heavy atom. The standard InChI is InChI=1S/C6H16N2.C6H10O4/c7-5-3-1-2-4-6-8;7-5(8)3-1-2-4-6(9)10/h1-8H2;1-4H2,(H,7,8)(H,9,10)/p-2. The van der Waals surface area contributed by atoms with Gasteiger partial charge in [-0.1, -0.05) is 12.8 Å². The number of carbonyl (C=O) groups excluding carboxylic acids is 2. The van der Waals surface area contributed by atoms with Crippen LogP contribution in [-0.2, 0) is 9.59 Å². The first-order chi connectivity index (χ1) is 8.54. The second kappa shape index (κ2) is 15.9. The van der Waals surface area contributed by atoms with E-state index in [0.717, 1.165) is 25.9 Å². The van der Waals surface area contributed by atoms with Crippen LogP contribution in [0.3, 0.4) is 0 Å². The molecule has 6 nitrogen and oxygen atoms in total. The first-order valence-electron chi connectivity index (χ1n) is 6.34. The average Bonchev–Trinajstić information content (AvgIpc) is 2.31. The SMILES string of the molecule is NCCCCCCN.O=C([O-])CCCCC(=O)[O-]. The molecule has 18 heavy (non-hydrogen) atoms. The van der Waals surface area contributed by atoms with Crippen LogP contribution in [0.4, 0.5) is 0 Å². The molecule has 0 bridgehead atoms. The summed E-state index contributed by atoms with van der Waals surface area (Å²) in [5.74, 6) is -2.28. The van der Waals surface area contributed by atoms with Crippen molar-refractivity contribution >= 4 is 11.9 Å². The molecule has 6 heteroatoms. The van der Waals surface area contributed by atoms with Crippen molar-refractivity contribution in [1.29, 1.82) is 0 Å². The number of hydrogen-bond acceptors (Lipinski definition) is 6. The van der Waals surface area contributed by atoms with E-state index in [9.17, 15) is 19.8 Å². The molecule has 0 aromatic rings. The molecule has 0 radical (unpaired) electrons. The molecule has 108 valence electrons. The first-order valence-corrected chi connectivity index (χ1v) is 6.34. The molecule has 0 aliphatic rings. The fourth-order valence-corrected chi connectivity index (χ4v) is 1.18. The van der Waals surface area contributed by atoms with Crippen molar-refractivity contribution in [1.82, 2.24) is 0 Å². The summed E-state index contributed by atoms with van der Waals surface area (Å²) in [7, 11) is 0. The molecule has 0 amide bonds. The van der Waals surface area contributed by atoms with Crippen molar-refractivity contribution in [2.45, 2.75) is 51.4 Å². The zero-order chi connectivity index (χ0) is 14.2. The molecule has 0 spiro atoms. The van der Waals surface area contributed by atoms with E-state index in [0.29, 0.717) is 12.8 Å². The van der Waals surface area contributed by atoms with Crippen molar-refractivity contribution in [3.05, 3.63) is 0 Å². The highest BCUT2D eigenvalue weighted by Crippen LogP contribution is 1.97. The van der Waals surface area contributed by atoms with Crippen molar-refractivity contribution in [2.24, 2.45) is 11.5 Å². The highest BCUT2D eigenvalue weighted by atomic mass is 16.4. The molecule has 0 aliphatic carbocycles. The number of hydrogen-bond donors (Lipinski definition) is 2. The van der Waals surface area contributed by atoms with Gasteiger partial charge in [0.15, 0.2) is 0 Å². The Balaban J connectivity index is 0. The topological polar surface area (TPSA) is 132 Å². The van der Waals surface area contributed by atoms with Crippen LogP contribution in [0.1, 0.15) is 51.4 Å². The molecule has 0 saturated heterocycles. The molecule has 0 aliphatic heterocycles. The van der Waals surface area contributed by atoms with Gasteiger partial charge in [-0.3, -0.25) is 0 Å². The smallest absolute Gasteiger partial charge is 0.0414 e. The highest BCUT2D eigenvalue weighted by molar-refractivity contribution is 5.65. The van der Waals surface area contributed by atoms with Crippen molar-refractivity contribution in [3.8, 4) is 0 Å². The normalized spacial score (nSPS) is 9.44. The molecule has 0 aromatic carbocycles. The van der Waals surface area contributed by atoms with Crippen LogP contribution in [0.2, 0.25) is 0 Å². The van der Waals surface area contributed by atoms with Gasteiger partial charge in [-0.15, -0.1) is 0 Å². The zero-order valence-electron chi connectivity index (χ0n) is 10.9. The minimum absolute atomic E-state index is 0.0761. The molecule has 0 aromatic heterocycles. The lowest BCUT2D eigenvalue weighted by Crippen LogP contribution is -2.23. The Hall–Kier alpha value is -1.14. The molecule has 0 unspecified atom stereocenters. The summed E-state index contributed by atoms with van der Waals surface area (Å²) in [6.07, 6.45) is 5.33. The van der Waals surface area contributed by atoms with E-state index in [-0.39, 0.29) is 12.8 Å². The van der Waals surface area contributed by atoms with E-state index in [2.05, 4.69) is 0 Å². The maximum atomic E-state index is 9.77. The van der Waals surface area contributed by atoms with Crippen molar-refractivity contribution in [2.75, 3.05) is 13.1 Å². The van der Waals surface area contributed by atoms with Gasteiger partial charge in [0.2, 0.25) is 0 Å². The quantitative estimate of drug-likeness (QED) is 0.460. The van der Waals surface area contributed by atoms with Crippen LogP contribution >= 0.6 is 0 Å². The Morgan fingerprint density at radius 1 is 0.667 bits per heavy atom. The minimum atomic E-state index is -1.14. The predicted molar refractivity (Wildman–Crippen MR) is 65.1 cm³/mol. The van der Waals surface area contributed by atoms with Crippen LogP contribution in [0, 0.1) is 0 Å². The predicted octanol–water partition coefficient (Wildman–Crippen LogP) is -1.49. The van der Waals surface area contributed by atoms with E-state index in [1.54, 1.807) is 0 Å². The number of nitrogens with two attached hydrogens (primary N) is 2. The van der Waals surface area contributed by atoms with Crippen LogP contribution in [0.5, 0.6) is 0 Å². The lowest BCUT2D eigenvalue weighted by atomic mass is 10.2. The second-order valence-corrected chi connectivity index (χ2v) is 3.94. The molecule has 0 atom stereocenters. The Morgan fingerprint density at radius 2 is 1.00 bits per heavy atom. The van der Waals surface area contributed by atoms with Crippen LogP contribution < -0.4 is 21.7 Å². The number of unbranched alkanes of at least 4 members (excludes halogenated alkanes) is 4. The summed E-state index contributed by atoms with van der Waals surface area (Å²) in [6.45, 7) is 1.65. The van der Waals surface area contributed by atoms with Crippen LogP contribution in [0.25, 0.3) is 0 Å². The number of carboxylic acids is 2. The molecule has 0 saturated carbocycles. The van der Waals surface area contributed by atoms with Gasteiger partial charge in [-0.2, -0.15) is 0 Å². The third-order valence-electron chi connectivity index (χ3n) is 2.17. The van der Waals surface area contributed by atoms with Crippen molar-refractivity contribution < 1.29 is 19.8 Å². The first kappa shape index (κ1) is 19.2. The maximum Gasteiger partial charge on any atom is 0.0414 e. The van der Waals surface area contributed by atoms with E-state index in [1.165, 1.54) is 12.8 Å². The number of rotatable bonds is 10. The largest absolute Gasteiger partial charge is 0.550 e. The Labute approximate surface area is 108 Å². The summed E-state index contributed by atoms with van der Waals surface area (Å²) >= 11 is 0. The summed E-state index contributed by atoms with van der Waals surface area (Å²) in [4.78, 5) is 19.5. The number of carboxylic acid groups (broad SMARTS) is 2. The summed E-state index contributed by atoms with van der Waals surface area (Å²) in [6, 6.07) is 0. The monoisotopic (exact) mass is 260 g/mol. The summed E-state index contributed by atoms with van der Waals surface area (Å²) in [5, 5.41) is 19.5. The van der Waals surface area contributed by atoms with E-state index in [1.807, 2.05) is 0 Å². The van der Waals surface area contributed by atoms with Gasteiger partial charge in [-0.05, 0) is 51.6 Å². The van der Waals surface area contributed by atoms with Crippen LogP contribution in [-0.4, -0.2) is 25.0 Å². The summed E-state index contributed by atoms with van der Waals surface area (Å²) < 4.78 is 0. The number of aliphatic carboxylic acids is 2. The fourth-order valence-electron chi connectivity index (χ4n) is 1.18. The highest BCUT2D eigenvalue weighted by Gasteiger charge is 1.89. The maximum absolute atomic E-state index is 9.77. The molecule has 0 fully saturated rings. The minimum Gasteiger partial charge on any atom is -0.550 e. The third-order valence-corrected chi connectivity index (χ3v) is 2.17. The molecule has 0 heterocycles. The van der Waals surface area contributed by atoms with Gasteiger partial charge in [-0.25, -0.2) is 0 Å². The summed E-state index contributed by atoms with van der Waals surface area (Å²) in [5.41, 5.74) is 10.6. The van der Waals surface area contributed by atoms with Gasteiger partial charge >= 0.3 is 0 Å². The van der Waals surface area contributed by atoms with E-state index in [4.69, 9.17) is 11.5 Å². The molecular formula is C12H24N2O4-2. The molecule has 4 N–H and O–H groups in total. The second-order valence-electron chi connectivity index (χ2n) is 3.94. The van der Waals surface area contributed by atoms with Crippen LogP contribution in [0.15, 0.2) is 0 Å². The van der Waals surface area contributed by atoms with Crippen molar-refractivity contribution in [3.63, 3.8) is 0 Å². The zero-order valence-corrected chi connectivity index (χ0v) is 10.9. The Bertz CT molecular complexity index is 188. The van der Waals surface area contributed by atoms with E-state index >= 15 is 0 Å². The lowest BCUT2D eigenvalue weighted by molar-refractivity contribution is -0.308. The van der Waals surface area contributed by atoms with Gasteiger partial charge in [0.05, 0.1) is 0 Å². The number of carbonyl (C=O) groups is 2.